The van der Waals surface area contributed by atoms with E-state index in [2.05, 4.69) is 68.7 Å². The first-order valence-electron chi connectivity index (χ1n) is 6.72. The third kappa shape index (κ3) is 3.34. The van der Waals surface area contributed by atoms with Gasteiger partial charge >= 0.3 is 0 Å². The van der Waals surface area contributed by atoms with Crippen molar-refractivity contribution < 1.29 is 0 Å². The molecule has 1 rings (SSSR count). The van der Waals surface area contributed by atoms with Gasteiger partial charge in [0.1, 0.15) is 0 Å². The third-order valence-corrected chi connectivity index (χ3v) is 5.60. The highest BCUT2D eigenvalue weighted by atomic mass is 79.9. The van der Waals surface area contributed by atoms with Gasteiger partial charge in [0.25, 0.3) is 0 Å². The molecule has 17 heavy (non-hydrogen) atoms. The Balaban J connectivity index is 3.18. The van der Waals surface area contributed by atoms with Crippen molar-refractivity contribution in [2.45, 2.75) is 58.7 Å². The molecule has 0 saturated carbocycles. The van der Waals surface area contributed by atoms with Crippen molar-refractivity contribution in [2.24, 2.45) is 5.41 Å². The third-order valence-electron chi connectivity index (χ3n) is 3.87. The van der Waals surface area contributed by atoms with Crippen LogP contribution in [0.3, 0.4) is 0 Å². The normalized spacial score (nSPS) is 13.8. The van der Waals surface area contributed by atoms with E-state index in [1.165, 1.54) is 23.1 Å². The summed E-state index contributed by atoms with van der Waals surface area (Å²) in [6.07, 6.45) is 3.41. The SMILES string of the molecule is CCc1ccc(CC)c(C(Br)C(C)(C)CC)c1. The molecule has 0 amide bonds. The molecule has 96 valence electrons. The van der Waals surface area contributed by atoms with Crippen LogP contribution in [-0.2, 0) is 12.8 Å². The number of halogens is 1. The van der Waals surface area contributed by atoms with E-state index >= 15 is 0 Å². The molecule has 1 atom stereocenters. The first-order valence-corrected chi connectivity index (χ1v) is 7.63. The zero-order valence-electron chi connectivity index (χ0n) is 11.8. The summed E-state index contributed by atoms with van der Waals surface area (Å²) in [5.41, 5.74) is 4.70. The van der Waals surface area contributed by atoms with Crippen LogP contribution in [0.1, 0.15) is 62.6 Å². The molecule has 0 radical (unpaired) electrons. The summed E-state index contributed by atoms with van der Waals surface area (Å²) in [4.78, 5) is 0.446. The van der Waals surface area contributed by atoms with E-state index in [9.17, 15) is 0 Å². The van der Waals surface area contributed by atoms with Gasteiger partial charge in [-0.1, -0.05) is 68.7 Å². The van der Waals surface area contributed by atoms with Crippen LogP contribution in [0.15, 0.2) is 18.2 Å². The van der Waals surface area contributed by atoms with Gasteiger partial charge in [-0.25, -0.2) is 0 Å². The molecule has 0 bridgehead atoms. The van der Waals surface area contributed by atoms with Gasteiger partial charge in [0.05, 0.1) is 0 Å². The van der Waals surface area contributed by atoms with Crippen molar-refractivity contribution >= 4 is 15.9 Å². The Morgan fingerprint density at radius 3 is 2.24 bits per heavy atom. The number of hydrogen-bond donors (Lipinski definition) is 0. The molecule has 0 N–H and O–H groups in total. The second kappa shape index (κ2) is 6.04. The molecule has 1 aromatic carbocycles. The lowest BCUT2D eigenvalue weighted by Gasteiger charge is -2.31. The van der Waals surface area contributed by atoms with Gasteiger partial charge in [0, 0.05) is 4.83 Å². The second-order valence-electron chi connectivity index (χ2n) is 5.44. The van der Waals surface area contributed by atoms with E-state index in [1.807, 2.05) is 0 Å². The maximum absolute atomic E-state index is 3.92. The molecule has 0 nitrogen and oxygen atoms in total. The van der Waals surface area contributed by atoms with Crippen LogP contribution in [0.4, 0.5) is 0 Å². The fraction of sp³-hybridized carbons (Fsp3) is 0.625. The molecule has 0 aliphatic heterocycles. The van der Waals surface area contributed by atoms with E-state index in [1.54, 1.807) is 0 Å². The highest BCUT2D eigenvalue weighted by Gasteiger charge is 2.28. The Labute approximate surface area is 115 Å². The lowest BCUT2D eigenvalue weighted by Crippen LogP contribution is -2.18. The number of hydrogen-bond acceptors (Lipinski definition) is 0. The second-order valence-corrected chi connectivity index (χ2v) is 6.36. The minimum atomic E-state index is 0.302. The van der Waals surface area contributed by atoms with E-state index in [0.717, 1.165) is 12.8 Å². The molecule has 0 fully saturated rings. The van der Waals surface area contributed by atoms with E-state index < -0.39 is 0 Å². The van der Waals surface area contributed by atoms with Gasteiger partial charge in [0.2, 0.25) is 0 Å². The average molecular weight is 297 g/mol. The van der Waals surface area contributed by atoms with Crippen LogP contribution in [0.5, 0.6) is 0 Å². The summed E-state index contributed by atoms with van der Waals surface area (Å²) in [6.45, 7) is 11.4. The molecule has 0 aliphatic rings. The number of alkyl halides is 1. The fourth-order valence-electron chi connectivity index (χ4n) is 2.02. The van der Waals surface area contributed by atoms with Crippen LogP contribution in [-0.4, -0.2) is 0 Å². The highest BCUT2D eigenvalue weighted by molar-refractivity contribution is 9.09. The van der Waals surface area contributed by atoms with Crippen LogP contribution in [0.25, 0.3) is 0 Å². The molecule has 0 spiro atoms. The number of aryl methyl sites for hydroxylation is 2. The quantitative estimate of drug-likeness (QED) is 0.613. The van der Waals surface area contributed by atoms with Crippen LogP contribution in [0.2, 0.25) is 0 Å². The van der Waals surface area contributed by atoms with Gasteiger partial charge in [-0.05, 0) is 41.4 Å². The zero-order chi connectivity index (χ0) is 13.1. The van der Waals surface area contributed by atoms with Crippen LogP contribution in [0, 0.1) is 5.41 Å². The summed E-state index contributed by atoms with van der Waals surface area (Å²) >= 11 is 3.92. The Morgan fingerprint density at radius 2 is 1.76 bits per heavy atom. The topological polar surface area (TPSA) is 0 Å². The minimum Gasteiger partial charge on any atom is -0.0833 e. The monoisotopic (exact) mass is 296 g/mol. The molecule has 0 heterocycles. The van der Waals surface area contributed by atoms with Crippen molar-refractivity contribution in [3.63, 3.8) is 0 Å². The van der Waals surface area contributed by atoms with Gasteiger partial charge in [-0.3, -0.25) is 0 Å². The summed E-state index contributed by atoms with van der Waals surface area (Å²) in [5, 5.41) is 0. The lowest BCUT2D eigenvalue weighted by molar-refractivity contribution is 0.345. The maximum Gasteiger partial charge on any atom is 0.0449 e. The Morgan fingerprint density at radius 1 is 1.12 bits per heavy atom. The Bertz CT molecular complexity index is 366. The summed E-state index contributed by atoms with van der Waals surface area (Å²) in [6, 6.07) is 6.95. The molecule has 1 heteroatoms. The lowest BCUT2D eigenvalue weighted by atomic mass is 9.81. The molecular formula is C16H25Br. The Hall–Kier alpha value is -0.300. The summed E-state index contributed by atoms with van der Waals surface area (Å²) in [5.74, 6) is 0. The van der Waals surface area contributed by atoms with Crippen molar-refractivity contribution in [3.05, 3.63) is 34.9 Å². The predicted molar refractivity (Wildman–Crippen MR) is 80.9 cm³/mol. The van der Waals surface area contributed by atoms with Gasteiger partial charge in [-0.15, -0.1) is 0 Å². The molecular weight excluding hydrogens is 272 g/mol. The molecule has 0 aromatic heterocycles. The van der Waals surface area contributed by atoms with Gasteiger partial charge in [0.15, 0.2) is 0 Å². The molecule has 0 aliphatic carbocycles. The van der Waals surface area contributed by atoms with Gasteiger partial charge < -0.3 is 0 Å². The minimum absolute atomic E-state index is 0.302. The molecule has 1 aromatic rings. The maximum atomic E-state index is 3.92. The zero-order valence-corrected chi connectivity index (χ0v) is 13.4. The predicted octanol–water partition coefficient (Wildman–Crippen LogP) is 5.68. The number of rotatable bonds is 5. The van der Waals surface area contributed by atoms with Crippen molar-refractivity contribution in [2.75, 3.05) is 0 Å². The van der Waals surface area contributed by atoms with Gasteiger partial charge in [-0.2, -0.15) is 0 Å². The van der Waals surface area contributed by atoms with E-state index in [0.29, 0.717) is 10.2 Å². The highest BCUT2D eigenvalue weighted by Crippen LogP contribution is 2.44. The first kappa shape index (κ1) is 14.8. The first-order chi connectivity index (χ1) is 7.96. The van der Waals surface area contributed by atoms with Crippen molar-refractivity contribution in [1.29, 1.82) is 0 Å². The van der Waals surface area contributed by atoms with Crippen LogP contribution < -0.4 is 0 Å². The standard InChI is InChI=1S/C16H25Br/c1-6-12-9-10-13(7-2)14(11-12)15(17)16(4,5)8-3/h9-11,15H,6-8H2,1-5H3. The van der Waals surface area contributed by atoms with E-state index in [4.69, 9.17) is 0 Å². The molecule has 0 saturated heterocycles. The average Bonchev–Trinajstić information content (AvgIpc) is 2.36. The van der Waals surface area contributed by atoms with Crippen molar-refractivity contribution in [3.8, 4) is 0 Å². The summed E-state index contributed by atoms with van der Waals surface area (Å²) < 4.78 is 0. The fourth-order valence-corrected chi connectivity index (χ4v) is 2.77. The van der Waals surface area contributed by atoms with E-state index in [-0.39, 0.29) is 0 Å². The molecule has 1 unspecified atom stereocenters. The Kier molecular flexibility index (Phi) is 5.24. The smallest absolute Gasteiger partial charge is 0.0449 e. The summed E-state index contributed by atoms with van der Waals surface area (Å²) in [7, 11) is 0. The largest absolute Gasteiger partial charge is 0.0833 e. The van der Waals surface area contributed by atoms with Crippen molar-refractivity contribution in [1.82, 2.24) is 0 Å². The van der Waals surface area contributed by atoms with Crippen LogP contribution >= 0.6 is 15.9 Å². The number of benzene rings is 1.